The van der Waals surface area contributed by atoms with Gasteiger partial charge in [0.1, 0.15) is 23.0 Å². The number of phenols is 1. The highest BCUT2D eigenvalue weighted by Crippen LogP contribution is 2.47. The first-order valence-electron chi connectivity index (χ1n) is 12.4. The molecule has 1 fully saturated rings. The van der Waals surface area contributed by atoms with E-state index in [-0.39, 0.29) is 40.6 Å². The van der Waals surface area contributed by atoms with Crippen LogP contribution in [-0.2, 0) is 19.0 Å². The lowest BCUT2D eigenvalue weighted by molar-refractivity contribution is -0.140. The fourth-order valence-electron chi connectivity index (χ4n) is 4.64. The molecule has 0 spiro atoms. The lowest BCUT2D eigenvalue weighted by atomic mass is 9.90. The number of phenolic OH excluding ortho intramolecular Hbond substituents is 1. The molecule has 0 saturated carbocycles. The molecule has 3 heterocycles. The highest BCUT2D eigenvalue weighted by atomic mass is 16.5. The zero-order valence-corrected chi connectivity index (χ0v) is 21.5. The second-order valence-corrected chi connectivity index (χ2v) is 9.05. The average molecular weight is 534 g/mol. The lowest BCUT2D eigenvalue weighted by Gasteiger charge is -2.25. The van der Waals surface area contributed by atoms with Gasteiger partial charge >= 0.3 is 11.9 Å². The first-order chi connectivity index (χ1) is 18.9. The van der Waals surface area contributed by atoms with E-state index < -0.39 is 17.9 Å². The van der Waals surface area contributed by atoms with Crippen molar-refractivity contribution in [1.29, 1.82) is 0 Å². The minimum absolute atomic E-state index is 0.126. The third kappa shape index (κ3) is 5.23. The van der Waals surface area contributed by atoms with E-state index in [0.29, 0.717) is 49.0 Å². The Morgan fingerprint density at radius 2 is 1.77 bits per heavy atom. The predicted octanol–water partition coefficient (Wildman–Crippen LogP) is 3.88. The summed E-state index contributed by atoms with van der Waals surface area (Å²) >= 11 is 0. The Labute approximate surface area is 224 Å². The molecule has 5 rings (SSSR count). The number of rotatable bonds is 7. The summed E-state index contributed by atoms with van der Waals surface area (Å²) in [6, 6.07) is 13.0. The number of morpholine rings is 1. The van der Waals surface area contributed by atoms with Crippen LogP contribution in [0.25, 0.3) is 11.3 Å². The number of fused-ring (bicyclic) bond motifs is 1. The summed E-state index contributed by atoms with van der Waals surface area (Å²) in [7, 11) is 2.58. The molecule has 10 heteroatoms. The first kappa shape index (κ1) is 26.1. The van der Waals surface area contributed by atoms with Crippen LogP contribution in [0.15, 0.2) is 64.9 Å². The van der Waals surface area contributed by atoms with Crippen LogP contribution in [0.2, 0.25) is 0 Å². The number of benzene rings is 2. The summed E-state index contributed by atoms with van der Waals surface area (Å²) in [6.45, 7) is 2.33. The molecule has 2 aromatic carbocycles. The van der Waals surface area contributed by atoms with Crippen molar-refractivity contribution in [2.75, 3.05) is 40.5 Å². The van der Waals surface area contributed by atoms with Crippen molar-refractivity contribution >= 4 is 17.7 Å². The molecule has 2 aliphatic heterocycles. The van der Waals surface area contributed by atoms with E-state index in [9.17, 15) is 19.5 Å². The Balaban J connectivity index is 1.51. The number of hydrogen-bond donors (Lipinski definition) is 1. The van der Waals surface area contributed by atoms with Gasteiger partial charge in [0.2, 0.25) is 5.78 Å². The maximum absolute atomic E-state index is 13.2. The Bertz CT molecular complexity index is 1430. The zero-order valence-electron chi connectivity index (χ0n) is 21.5. The molecule has 1 aromatic heterocycles. The molecule has 0 bridgehead atoms. The lowest BCUT2D eigenvalue weighted by Crippen LogP contribution is -2.32. The minimum Gasteiger partial charge on any atom is -0.508 e. The highest BCUT2D eigenvalue weighted by molar-refractivity contribution is 6.12. The largest absolute Gasteiger partial charge is 0.508 e. The molecule has 1 N–H and O–H groups in total. The summed E-state index contributed by atoms with van der Waals surface area (Å²) in [6.07, 6.45) is 1.48. The van der Waals surface area contributed by atoms with Gasteiger partial charge in [-0.05, 0) is 36.4 Å². The van der Waals surface area contributed by atoms with Crippen LogP contribution in [0.5, 0.6) is 11.5 Å². The van der Waals surface area contributed by atoms with E-state index in [2.05, 4.69) is 0 Å². The van der Waals surface area contributed by atoms with Gasteiger partial charge in [-0.3, -0.25) is 9.59 Å². The molecule has 1 atom stereocenters. The van der Waals surface area contributed by atoms with E-state index in [0.717, 1.165) is 0 Å². The number of esters is 2. The molecule has 10 nitrogen and oxygen atoms in total. The van der Waals surface area contributed by atoms with E-state index >= 15 is 0 Å². The third-order valence-electron chi connectivity index (χ3n) is 6.71. The summed E-state index contributed by atoms with van der Waals surface area (Å²) in [5, 5.41) is 10.9. The highest BCUT2D eigenvalue weighted by Gasteiger charge is 2.37. The van der Waals surface area contributed by atoms with Crippen LogP contribution in [0.3, 0.4) is 0 Å². The van der Waals surface area contributed by atoms with Crippen molar-refractivity contribution in [2.24, 2.45) is 0 Å². The van der Waals surface area contributed by atoms with E-state index in [1.54, 1.807) is 42.6 Å². The quantitative estimate of drug-likeness (QED) is 0.353. The maximum Gasteiger partial charge on any atom is 0.337 e. The topological polar surface area (TPSA) is 125 Å². The summed E-state index contributed by atoms with van der Waals surface area (Å²) in [5.41, 5.74) is 1.61. The number of Topliss-reactive ketones (excluding diaryl/α,β-unsaturated/α-hetero) is 1. The van der Waals surface area contributed by atoms with Crippen molar-refractivity contribution in [2.45, 2.75) is 12.3 Å². The van der Waals surface area contributed by atoms with Crippen molar-refractivity contribution in [3.8, 4) is 22.8 Å². The molecule has 0 amide bonds. The van der Waals surface area contributed by atoms with Gasteiger partial charge in [-0.15, -0.1) is 0 Å². The van der Waals surface area contributed by atoms with Gasteiger partial charge in [0.05, 0.1) is 50.9 Å². The third-order valence-corrected chi connectivity index (χ3v) is 6.71. The number of hydrogen-bond acceptors (Lipinski definition) is 10. The number of furan rings is 1. The minimum atomic E-state index is -0.814. The molecule has 3 aromatic rings. The molecule has 0 aliphatic carbocycles. The number of methoxy groups -OCH3 is 2. The fraction of sp³-hybridized carbons (Fsp3) is 0.276. The first-order valence-corrected chi connectivity index (χ1v) is 12.4. The molecule has 0 radical (unpaired) electrons. The van der Waals surface area contributed by atoms with E-state index in [1.165, 1.54) is 26.4 Å². The fourth-order valence-corrected chi connectivity index (χ4v) is 4.64. The van der Waals surface area contributed by atoms with Gasteiger partial charge in [0, 0.05) is 30.4 Å². The van der Waals surface area contributed by atoms with Gasteiger partial charge in [0.25, 0.3) is 0 Å². The van der Waals surface area contributed by atoms with E-state index in [4.69, 9.17) is 23.4 Å². The molecule has 1 saturated heterocycles. The normalized spacial score (nSPS) is 16.5. The molecular formula is C29H27NO9. The monoisotopic (exact) mass is 533 g/mol. The Morgan fingerprint density at radius 3 is 2.46 bits per heavy atom. The molecule has 202 valence electrons. The van der Waals surface area contributed by atoms with Crippen LogP contribution in [0, 0.1) is 0 Å². The smallest absolute Gasteiger partial charge is 0.337 e. The summed E-state index contributed by atoms with van der Waals surface area (Å²) in [4.78, 5) is 39.3. The number of allylic oxidation sites excluding steroid dienone is 1. The van der Waals surface area contributed by atoms with Crippen LogP contribution in [0.1, 0.15) is 44.4 Å². The number of carbonyl (C=O) groups excluding carboxylic acids is 3. The second-order valence-electron chi connectivity index (χ2n) is 9.05. The number of carbonyl (C=O) groups is 3. The van der Waals surface area contributed by atoms with Gasteiger partial charge in [0.15, 0.2) is 5.76 Å². The van der Waals surface area contributed by atoms with Crippen LogP contribution in [0.4, 0.5) is 0 Å². The Hall–Kier alpha value is -4.57. The summed E-state index contributed by atoms with van der Waals surface area (Å²) in [5.74, 6) is -1.13. The molecule has 2 aliphatic rings. The molecule has 39 heavy (non-hydrogen) atoms. The van der Waals surface area contributed by atoms with Crippen molar-refractivity contribution in [3.63, 3.8) is 0 Å². The predicted molar refractivity (Wildman–Crippen MR) is 137 cm³/mol. The van der Waals surface area contributed by atoms with E-state index in [1.807, 2.05) is 4.90 Å². The maximum atomic E-state index is 13.2. The number of ketones is 1. The SMILES string of the molecule is COC(=O)C[C@@H](c1ccc(-c2ccc(C(=O)OC)cc2)o1)c1c(O)ccc2c1O/C(=C\N1CCOCC1)C2=O. The summed E-state index contributed by atoms with van der Waals surface area (Å²) < 4.78 is 27.2. The zero-order chi connectivity index (χ0) is 27.5. The Morgan fingerprint density at radius 1 is 1.03 bits per heavy atom. The molecular weight excluding hydrogens is 506 g/mol. The van der Waals surface area contributed by atoms with Gasteiger partial charge in [-0.2, -0.15) is 0 Å². The standard InChI is InChI=1S/C29H27NO9/c1-35-25(32)15-20(23-10-9-22(38-23)17-3-5-18(6-4-17)29(34)36-2)26-21(31)8-7-19-27(33)24(39-28(19)26)16-30-11-13-37-14-12-30/h3-10,16,20,31H,11-15H2,1-2H3/b24-16-/t20-/m0/s1. The van der Waals surface area contributed by atoms with Crippen molar-refractivity contribution in [1.82, 2.24) is 4.90 Å². The van der Waals surface area contributed by atoms with Gasteiger partial charge < -0.3 is 33.4 Å². The molecule has 0 unspecified atom stereocenters. The van der Waals surface area contributed by atoms with Crippen LogP contribution < -0.4 is 4.74 Å². The van der Waals surface area contributed by atoms with Crippen molar-refractivity contribution in [3.05, 3.63) is 82.9 Å². The second kappa shape index (κ2) is 11.0. The van der Waals surface area contributed by atoms with Crippen LogP contribution in [-0.4, -0.2) is 68.3 Å². The average Bonchev–Trinajstić information content (AvgIpc) is 3.57. The van der Waals surface area contributed by atoms with Gasteiger partial charge in [-0.25, -0.2) is 4.79 Å². The number of nitrogens with zero attached hydrogens (tertiary/aromatic N) is 1. The van der Waals surface area contributed by atoms with Gasteiger partial charge in [-0.1, -0.05) is 12.1 Å². The van der Waals surface area contributed by atoms with Crippen LogP contribution >= 0.6 is 0 Å². The van der Waals surface area contributed by atoms with Crippen molar-refractivity contribution < 1.29 is 42.9 Å². The number of ether oxygens (including phenoxy) is 4. The number of aromatic hydroxyl groups is 1. The Kier molecular flexibility index (Phi) is 7.38.